The Kier molecular flexibility index (Phi) is 6.54. The van der Waals surface area contributed by atoms with Crippen LogP contribution in [-0.4, -0.2) is 50.5 Å². The van der Waals surface area contributed by atoms with E-state index < -0.39 is 15.9 Å². The Morgan fingerprint density at radius 1 is 1.10 bits per heavy atom. The molecule has 0 N–H and O–H groups in total. The molecule has 166 valence electrons. The van der Waals surface area contributed by atoms with E-state index in [0.717, 1.165) is 10.2 Å². The number of hydrogen-bond donors (Lipinski definition) is 0. The summed E-state index contributed by atoms with van der Waals surface area (Å²) in [5.41, 5.74) is 1.16. The Balaban J connectivity index is 1.97. The van der Waals surface area contributed by atoms with Gasteiger partial charge in [0.05, 0.1) is 29.3 Å². The second-order valence-corrected chi connectivity index (χ2v) is 10.2. The number of aromatic nitrogens is 1. The molecule has 0 spiro atoms. The van der Waals surface area contributed by atoms with Gasteiger partial charge in [0.2, 0.25) is 10.0 Å². The molecule has 0 aliphatic heterocycles. The van der Waals surface area contributed by atoms with E-state index in [1.165, 1.54) is 47.0 Å². The average molecular weight is 464 g/mol. The van der Waals surface area contributed by atoms with Crippen molar-refractivity contribution >= 4 is 37.5 Å². The van der Waals surface area contributed by atoms with E-state index in [-0.39, 0.29) is 10.9 Å². The molecular weight excluding hydrogens is 438 g/mol. The fourth-order valence-electron chi connectivity index (χ4n) is 2.93. The molecule has 0 bridgehead atoms. The summed E-state index contributed by atoms with van der Waals surface area (Å²) in [7, 11) is 2.86. The lowest BCUT2D eigenvalue weighted by Gasteiger charge is -2.20. The molecule has 2 aromatic carbocycles. The highest BCUT2D eigenvalue weighted by molar-refractivity contribution is 7.89. The first-order chi connectivity index (χ1) is 14.6. The van der Waals surface area contributed by atoms with Crippen LogP contribution in [0.2, 0.25) is 0 Å². The summed E-state index contributed by atoms with van der Waals surface area (Å²) in [6.07, 6.45) is 0. The first kappa shape index (κ1) is 23.0. The Labute approximate surface area is 185 Å². The highest BCUT2D eigenvalue weighted by atomic mass is 32.2. The average Bonchev–Trinajstić information content (AvgIpc) is 3.06. The predicted octanol–water partition coefficient (Wildman–Crippen LogP) is 3.03. The smallest absolute Gasteiger partial charge is 0.279 e. The van der Waals surface area contributed by atoms with Gasteiger partial charge in [0.25, 0.3) is 5.91 Å². The number of amides is 1. The van der Waals surface area contributed by atoms with Crippen molar-refractivity contribution in [1.29, 1.82) is 0 Å². The van der Waals surface area contributed by atoms with Crippen LogP contribution in [0.5, 0.6) is 11.5 Å². The van der Waals surface area contributed by atoms with Crippen molar-refractivity contribution in [3.05, 3.63) is 46.8 Å². The van der Waals surface area contributed by atoms with Crippen LogP contribution in [0, 0.1) is 0 Å². The topological polar surface area (TPSA) is 90.2 Å². The molecule has 1 amide bonds. The standard InChI is InChI=1S/C21H25N3O5S2/c1-13(2)24(4)31(26,27)15-9-7-14(8-10-15)20(25)22-21-23(3)16-11-17(28-5)18(29-6)12-19(16)30-21/h7-13H,1-6H3. The van der Waals surface area contributed by atoms with Gasteiger partial charge >= 0.3 is 0 Å². The van der Waals surface area contributed by atoms with E-state index in [4.69, 9.17) is 9.47 Å². The van der Waals surface area contributed by atoms with E-state index in [1.807, 2.05) is 19.2 Å². The van der Waals surface area contributed by atoms with Crippen molar-refractivity contribution in [3.63, 3.8) is 0 Å². The number of fused-ring (bicyclic) bond motifs is 1. The van der Waals surface area contributed by atoms with Gasteiger partial charge in [-0.25, -0.2) is 8.42 Å². The number of methoxy groups -OCH3 is 2. The summed E-state index contributed by atoms with van der Waals surface area (Å²) < 4.78 is 39.8. The van der Waals surface area contributed by atoms with E-state index in [9.17, 15) is 13.2 Å². The van der Waals surface area contributed by atoms with E-state index in [2.05, 4.69) is 4.99 Å². The Morgan fingerprint density at radius 2 is 1.68 bits per heavy atom. The molecule has 1 aromatic heterocycles. The van der Waals surface area contributed by atoms with Gasteiger partial charge < -0.3 is 14.0 Å². The van der Waals surface area contributed by atoms with Crippen molar-refractivity contribution < 1.29 is 22.7 Å². The van der Waals surface area contributed by atoms with Gasteiger partial charge in [0, 0.05) is 37.8 Å². The number of hydrogen-bond acceptors (Lipinski definition) is 6. The summed E-state index contributed by atoms with van der Waals surface area (Å²) in [4.78, 5) is 17.6. The van der Waals surface area contributed by atoms with Crippen molar-refractivity contribution in [2.24, 2.45) is 12.0 Å². The van der Waals surface area contributed by atoms with Crippen LogP contribution in [0.1, 0.15) is 24.2 Å². The maximum atomic E-state index is 12.7. The summed E-state index contributed by atoms with van der Waals surface area (Å²) >= 11 is 1.35. The van der Waals surface area contributed by atoms with Crippen molar-refractivity contribution in [1.82, 2.24) is 8.87 Å². The Bertz CT molecular complexity index is 1290. The fourth-order valence-corrected chi connectivity index (χ4v) is 5.32. The Hall–Kier alpha value is -2.69. The second kappa shape index (κ2) is 8.81. The molecule has 10 heteroatoms. The molecule has 3 aromatic rings. The molecule has 0 aliphatic carbocycles. The van der Waals surface area contributed by atoms with E-state index >= 15 is 0 Å². The van der Waals surface area contributed by atoms with E-state index in [1.54, 1.807) is 32.6 Å². The number of carbonyl (C=O) groups excluding carboxylic acids is 1. The molecule has 0 radical (unpaired) electrons. The lowest BCUT2D eigenvalue weighted by atomic mass is 10.2. The number of ether oxygens (including phenoxy) is 2. The molecule has 8 nitrogen and oxygen atoms in total. The number of sulfonamides is 1. The SMILES string of the molecule is COc1cc2sc(=NC(=O)c3ccc(S(=O)(=O)N(C)C(C)C)cc3)n(C)c2cc1OC. The molecule has 0 unspecified atom stereocenters. The zero-order valence-electron chi connectivity index (χ0n) is 18.2. The molecule has 0 saturated carbocycles. The Morgan fingerprint density at radius 3 is 2.23 bits per heavy atom. The summed E-state index contributed by atoms with van der Waals surface area (Å²) in [6.45, 7) is 3.59. The zero-order chi connectivity index (χ0) is 22.9. The van der Waals surface area contributed by atoms with Crippen LogP contribution in [0.4, 0.5) is 0 Å². The quantitative estimate of drug-likeness (QED) is 0.561. The minimum Gasteiger partial charge on any atom is -0.493 e. The zero-order valence-corrected chi connectivity index (χ0v) is 19.9. The van der Waals surface area contributed by atoms with E-state index in [0.29, 0.717) is 21.9 Å². The van der Waals surface area contributed by atoms with Gasteiger partial charge in [0.15, 0.2) is 16.3 Å². The van der Waals surface area contributed by atoms with Gasteiger partial charge in [0.1, 0.15) is 0 Å². The minimum absolute atomic E-state index is 0.131. The van der Waals surface area contributed by atoms with Gasteiger partial charge in [-0.1, -0.05) is 11.3 Å². The first-order valence-electron chi connectivity index (χ1n) is 9.48. The van der Waals surface area contributed by atoms with Gasteiger partial charge in [-0.3, -0.25) is 4.79 Å². The molecule has 3 rings (SSSR count). The summed E-state index contributed by atoms with van der Waals surface area (Å²) in [6, 6.07) is 9.31. The number of benzene rings is 2. The molecule has 31 heavy (non-hydrogen) atoms. The van der Waals surface area contributed by atoms with Crippen LogP contribution in [0.3, 0.4) is 0 Å². The largest absolute Gasteiger partial charge is 0.493 e. The number of thiazole rings is 1. The van der Waals surface area contributed by atoms with Gasteiger partial charge in [-0.05, 0) is 38.1 Å². The monoisotopic (exact) mass is 463 g/mol. The van der Waals surface area contributed by atoms with Crippen LogP contribution >= 0.6 is 11.3 Å². The maximum Gasteiger partial charge on any atom is 0.279 e. The first-order valence-corrected chi connectivity index (χ1v) is 11.7. The van der Waals surface area contributed by atoms with Crippen LogP contribution < -0.4 is 14.3 Å². The lowest BCUT2D eigenvalue weighted by Crippen LogP contribution is -2.33. The minimum atomic E-state index is -3.61. The third kappa shape index (κ3) is 4.36. The number of aryl methyl sites for hydroxylation is 1. The number of rotatable bonds is 6. The lowest BCUT2D eigenvalue weighted by molar-refractivity contribution is 0.0998. The van der Waals surface area contributed by atoms with Crippen LogP contribution in [0.25, 0.3) is 10.2 Å². The summed E-state index contributed by atoms with van der Waals surface area (Å²) in [5, 5.41) is 0. The summed E-state index contributed by atoms with van der Waals surface area (Å²) in [5.74, 6) is 0.726. The highest BCUT2D eigenvalue weighted by Crippen LogP contribution is 2.33. The normalized spacial score (nSPS) is 12.7. The fraction of sp³-hybridized carbons (Fsp3) is 0.333. The molecule has 1 heterocycles. The highest BCUT2D eigenvalue weighted by Gasteiger charge is 2.23. The molecule has 0 fully saturated rings. The third-order valence-electron chi connectivity index (χ3n) is 5.02. The van der Waals surface area contributed by atoms with Gasteiger partial charge in [-0.15, -0.1) is 0 Å². The molecular formula is C21H25N3O5S2. The van der Waals surface area contributed by atoms with Gasteiger partial charge in [-0.2, -0.15) is 9.30 Å². The maximum absolute atomic E-state index is 12.7. The number of nitrogens with zero attached hydrogens (tertiary/aromatic N) is 3. The molecule has 0 saturated heterocycles. The molecule has 0 aliphatic rings. The van der Waals surface area contributed by atoms with Crippen molar-refractivity contribution in [2.75, 3.05) is 21.3 Å². The second-order valence-electron chi connectivity index (χ2n) is 7.17. The predicted molar refractivity (Wildman–Crippen MR) is 120 cm³/mol. The van der Waals surface area contributed by atoms with Crippen molar-refractivity contribution in [3.8, 4) is 11.5 Å². The van der Waals surface area contributed by atoms with Crippen molar-refractivity contribution in [2.45, 2.75) is 24.8 Å². The van der Waals surface area contributed by atoms with Crippen LogP contribution in [0.15, 0.2) is 46.3 Å². The number of carbonyl (C=O) groups is 1. The van der Waals surface area contributed by atoms with Crippen LogP contribution in [-0.2, 0) is 17.1 Å². The third-order valence-corrected chi connectivity index (χ3v) is 8.16. The molecule has 0 atom stereocenters.